The summed E-state index contributed by atoms with van der Waals surface area (Å²) in [6.07, 6.45) is 0. The molecule has 1 fully saturated rings. The van der Waals surface area contributed by atoms with E-state index >= 15 is 0 Å². The van der Waals surface area contributed by atoms with E-state index in [1.54, 1.807) is 33.0 Å². The van der Waals surface area contributed by atoms with Crippen molar-refractivity contribution < 1.29 is 8.42 Å². The normalized spacial score (nSPS) is 16.5. The minimum absolute atomic E-state index is 0.423. The highest BCUT2D eigenvalue weighted by atomic mass is 32.2. The van der Waals surface area contributed by atoms with Crippen LogP contribution in [0, 0.1) is 13.8 Å². The van der Waals surface area contributed by atoms with Crippen LogP contribution in [-0.4, -0.2) is 48.8 Å². The molecule has 28 heavy (non-hydrogen) atoms. The zero-order valence-electron chi connectivity index (χ0n) is 16.0. The summed E-state index contributed by atoms with van der Waals surface area (Å²) in [5.41, 5.74) is 4.11. The Labute approximate surface area is 174 Å². The molecule has 0 amide bonds. The van der Waals surface area contributed by atoms with Crippen molar-refractivity contribution in [2.45, 2.75) is 25.3 Å². The van der Waals surface area contributed by atoms with E-state index in [0.29, 0.717) is 18.0 Å². The van der Waals surface area contributed by atoms with Crippen LogP contribution in [0.5, 0.6) is 0 Å². The average Bonchev–Trinajstić information content (AvgIpc) is 3.33. The smallest absolute Gasteiger partial charge is 0.243 e. The minimum atomic E-state index is -3.44. The minimum Gasteiger partial charge on any atom is -0.295 e. The largest absolute Gasteiger partial charge is 0.295 e. The van der Waals surface area contributed by atoms with Crippen molar-refractivity contribution in [3.8, 4) is 10.6 Å². The lowest BCUT2D eigenvalue weighted by molar-refractivity contribution is 0.180. The van der Waals surface area contributed by atoms with Crippen LogP contribution in [0.25, 0.3) is 10.6 Å². The third-order valence-electron chi connectivity index (χ3n) is 4.98. The topological polar surface area (TPSA) is 53.5 Å². The maximum absolute atomic E-state index is 13.0. The highest BCUT2D eigenvalue weighted by molar-refractivity contribution is 7.89. The highest BCUT2D eigenvalue weighted by Crippen LogP contribution is 2.27. The van der Waals surface area contributed by atoms with Gasteiger partial charge in [-0.3, -0.25) is 4.90 Å². The number of rotatable bonds is 5. The van der Waals surface area contributed by atoms with Crippen molar-refractivity contribution in [1.29, 1.82) is 0 Å². The van der Waals surface area contributed by atoms with Crippen molar-refractivity contribution in [3.05, 3.63) is 57.2 Å². The Kier molecular flexibility index (Phi) is 5.66. The first-order valence-electron chi connectivity index (χ1n) is 9.20. The fourth-order valence-corrected chi connectivity index (χ4v) is 6.63. The van der Waals surface area contributed by atoms with Crippen molar-refractivity contribution in [2.75, 3.05) is 26.2 Å². The van der Waals surface area contributed by atoms with E-state index in [-0.39, 0.29) is 0 Å². The summed E-state index contributed by atoms with van der Waals surface area (Å²) >= 11 is 3.34. The second-order valence-electron chi connectivity index (χ2n) is 7.11. The fourth-order valence-electron chi connectivity index (χ4n) is 3.48. The van der Waals surface area contributed by atoms with E-state index in [1.165, 1.54) is 5.56 Å². The SMILES string of the molecule is Cc1ccc(S(=O)(=O)N2CCN(Cc3csc(-c4ccsc4)n3)CC2)c(C)c1. The molecule has 0 atom stereocenters. The molecular weight excluding hydrogens is 410 g/mol. The van der Waals surface area contributed by atoms with E-state index in [1.807, 2.05) is 26.0 Å². The Hall–Kier alpha value is -1.58. The van der Waals surface area contributed by atoms with Gasteiger partial charge in [-0.15, -0.1) is 11.3 Å². The Morgan fingerprint density at radius 3 is 2.54 bits per heavy atom. The van der Waals surface area contributed by atoms with Gasteiger partial charge in [0.15, 0.2) is 0 Å². The third kappa shape index (κ3) is 4.06. The Balaban J connectivity index is 1.39. The first-order chi connectivity index (χ1) is 13.4. The summed E-state index contributed by atoms with van der Waals surface area (Å²) in [7, 11) is -3.44. The third-order valence-corrected chi connectivity index (χ3v) is 8.67. The molecule has 1 aliphatic heterocycles. The lowest BCUT2D eigenvalue weighted by Crippen LogP contribution is -2.48. The first-order valence-corrected chi connectivity index (χ1v) is 12.5. The maximum Gasteiger partial charge on any atom is 0.243 e. The van der Waals surface area contributed by atoms with Gasteiger partial charge in [-0.05, 0) is 36.9 Å². The van der Waals surface area contributed by atoms with Crippen molar-refractivity contribution in [1.82, 2.24) is 14.2 Å². The quantitative estimate of drug-likeness (QED) is 0.610. The summed E-state index contributed by atoms with van der Waals surface area (Å²) < 4.78 is 27.6. The number of aryl methyl sites for hydroxylation is 2. The van der Waals surface area contributed by atoms with E-state index in [4.69, 9.17) is 4.98 Å². The molecule has 0 bridgehead atoms. The zero-order chi connectivity index (χ0) is 19.7. The van der Waals surface area contributed by atoms with Gasteiger partial charge in [-0.1, -0.05) is 17.7 Å². The van der Waals surface area contributed by atoms with Gasteiger partial charge in [0.1, 0.15) is 5.01 Å². The lowest BCUT2D eigenvalue weighted by Gasteiger charge is -2.33. The van der Waals surface area contributed by atoms with Gasteiger partial charge in [0.25, 0.3) is 0 Å². The number of piperazine rings is 1. The summed E-state index contributed by atoms with van der Waals surface area (Å²) in [5.74, 6) is 0. The maximum atomic E-state index is 13.0. The molecule has 0 aliphatic carbocycles. The number of thiophene rings is 1. The number of thiazole rings is 1. The molecule has 5 nitrogen and oxygen atoms in total. The first kappa shape index (κ1) is 19.7. The molecule has 0 unspecified atom stereocenters. The zero-order valence-corrected chi connectivity index (χ0v) is 18.4. The molecule has 1 aliphatic rings. The van der Waals surface area contributed by atoms with E-state index in [9.17, 15) is 8.42 Å². The molecule has 3 aromatic rings. The average molecular weight is 434 g/mol. The van der Waals surface area contributed by atoms with Crippen LogP contribution < -0.4 is 0 Å². The van der Waals surface area contributed by atoms with Gasteiger partial charge < -0.3 is 0 Å². The summed E-state index contributed by atoms with van der Waals surface area (Å²) in [6, 6.07) is 7.61. The van der Waals surface area contributed by atoms with Crippen molar-refractivity contribution >= 4 is 32.7 Å². The summed E-state index contributed by atoms with van der Waals surface area (Å²) in [6.45, 7) is 7.06. The molecule has 0 saturated carbocycles. The Morgan fingerprint density at radius 1 is 1.07 bits per heavy atom. The Morgan fingerprint density at radius 2 is 1.86 bits per heavy atom. The van der Waals surface area contributed by atoms with Gasteiger partial charge in [0.2, 0.25) is 10.0 Å². The molecule has 3 heterocycles. The molecule has 0 N–H and O–H groups in total. The summed E-state index contributed by atoms with van der Waals surface area (Å²) in [5, 5.41) is 7.32. The molecule has 8 heteroatoms. The number of aromatic nitrogens is 1. The molecule has 148 valence electrons. The van der Waals surface area contributed by atoms with Crippen LogP contribution in [0.3, 0.4) is 0 Å². The van der Waals surface area contributed by atoms with Gasteiger partial charge in [0.05, 0.1) is 10.6 Å². The fraction of sp³-hybridized carbons (Fsp3) is 0.350. The molecule has 0 radical (unpaired) electrons. The van der Waals surface area contributed by atoms with Gasteiger partial charge in [-0.2, -0.15) is 15.6 Å². The monoisotopic (exact) mass is 433 g/mol. The number of sulfonamides is 1. The van der Waals surface area contributed by atoms with Crippen LogP contribution in [-0.2, 0) is 16.6 Å². The van der Waals surface area contributed by atoms with E-state index in [0.717, 1.165) is 41.5 Å². The van der Waals surface area contributed by atoms with Crippen molar-refractivity contribution in [2.24, 2.45) is 0 Å². The standard InChI is InChI=1S/C20H23N3O2S3/c1-15-3-4-19(16(2)11-15)28(24,25)23-8-6-22(7-9-23)12-18-14-27-20(21-18)17-5-10-26-13-17/h3-5,10-11,13-14H,6-9,12H2,1-2H3. The highest BCUT2D eigenvalue weighted by Gasteiger charge is 2.29. The second kappa shape index (κ2) is 8.04. The van der Waals surface area contributed by atoms with E-state index < -0.39 is 10.0 Å². The molecule has 1 aromatic carbocycles. The predicted octanol–water partition coefficient (Wildman–Crippen LogP) is 3.99. The molecule has 0 spiro atoms. The summed E-state index contributed by atoms with van der Waals surface area (Å²) in [4.78, 5) is 7.43. The van der Waals surface area contributed by atoms with Crippen LogP contribution in [0.1, 0.15) is 16.8 Å². The molecule has 1 saturated heterocycles. The van der Waals surface area contributed by atoms with Crippen molar-refractivity contribution in [3.63, 3.8) is 0 Å². The van der Waals surface area contributed by atoms with Gasteiger partial charge in [-0.25, -0.2) is 13.4 Å². The lowest BCUT2D eigenvalue weighted by atomic mass is 10.2. The molecule has 2 aromatic heterocycles. The second-order valence-corrected chi connectivity index (χ2v) is 10.6. The van der Waals surface area contributed by atoms with Crippen LogP contribution in [0.15, 0.2) is 45.3 Å². The van der Waals surface area contributed by atoms with Gasteiger partial charge in [0, 0.05) is 49.0 Å². The Bertz CT molecular complexity index is 1050. The van der Waals surface area contributed by atoms with Crippen LogP contribution in [0.2, 0.25) is 0 Å². The van der Waals surface area contributed by atoms with E-state index in [2.05, 4.69) is 27.1 Å². The predicted molar refractivity (Wildman–Crippen MR) is 115 cm³/mol. The molecule has 4 rings (SSSR count). The number of hydrogen-bond acceptors (Lipinski definition) is 6. The number of hydrogen-bond donors (Lipinski definition) is 0. The van der Waals surface area contributed by atoms with Gasteiger partial charge >= 0.3 is 0 Å². The van der Waals surface area contributed by atoms with Crippen LogP contribution >= 0.6 is 22.7 Å². The number of benzene rings is 1. The van der Waals surface area contributed by atoms with Crippen LogP contribution in [0.4, 0.5) is 0 Å². The number of nitrogens with zero attached hydrogens (tertiary/aromatic N) is 3. The molecular formula is C20H23N3O2S3.